The Kier molecular flexibility index (Phi) is 7.19. The smallest absolute Gasteiger partial charge is 0.407 e. The Hall–Kier alpha value is -2.45. The van der Waals surface area contributed by atoms with Gasteiger partial charge in [-0.15, -0.1) is 0 Å². The van der Waals surface area contributed by atoms with Crippen LogP contribution in [0.2, 0.25) is 0 Å². The number of amides is 1. The lowest BCUT2D eigenvalue weighted by Crippen LogP contribution is -2.46. The fourth-order valence-electron chi connectivity index (χ4n) is 4.62. The second-order valence-electron chi connectivity index (χ2n) is 8.46. The number of likely N-dealkylation sites (N-methyl/N-ethyl adjacent to an activating group) is 1. The maximum Gasteiger partial charge on any atom is 0.407 e. The van der Waals surface area contributed by atoms with E-state index in [0.717, 1.165) is 67.8 Å². The topological polar surface area (TPSA) is 82.0 Å². The van der Waals surface area contributed by atoms with E-state index in [-0.39, 0.29) is 5.92 Å². The number of likely N-dealkylation sites (tertiary alicyclic amines) is 1. The van der Waals surface area contributed by atoms with E-state index >= 15 is 0 Å². The van der Waals surface area contributed by atoms with Crippen LogP contribution in [-0.4, -0.2) is 94.8 Å². The molecule has 8 nitrogen and oxygen atoms in total. The van der Waals surface area contributed by atoms with Crippen molar-refractivity contribution in [3.05, 3.63) is 30.2 Å². The number of rotatable bonds is 7. The Bertz CT molecular complexity index is 877. The van der Waals surface area contributed by atoms with Crippen molar-refractivity contribution in [1.82, 2.24) is 24.7 Å². The molecule has 0 aliphatic carbocycles. The van der Waals surface area contributed by atoms with Gasteiger partial charge < -0.3 is 24.5 Å². The number of benzene rings is 1. The van der Waals surface area contributed by atoms with Crippen LogP contribution in [0.4, 0.5) is 4.79 Å². The molecule has 168 valence electrons. The van der Waals surface area contributed by atoms with Crippen LogP contribution in [0.15, 0.2) is 24.5 Å². The summed E-state index contributed by atoms with van der Waals surface area (Å²) in [5, 5.41) is 10.2. The standard InChI is InChI=1S/C23H33N5O3/c1-2-26-11-13-27(14-12-26)8-3-15-31-19-4-5-20-21(16-19)24-17-25-22(20)18-6-9-28(10-7-18)23(29)30/h4-5,16-18H,2-3,6-15H2,1H3,(H,29,30). The molecule has 0 atom stereocenters. The highest BCUT2D eigenvalue weighted by Crippen LogP contribution is 2.32. The summed E-state index contributed by atoms with van der Waals surface area (Å²) in [6.45, 7) is 10.9. The third kappa shape index (κ3) is 5.43. The summed E-state index contributed by atoms with van der Waals surface area (Å²) in [5.41, 5.74) is 1.91. The van der Waals surface area contributed by atoms with Gasteiger partial charge in [0, 0.05) is 63.2 Å². The fourth-order valence-corrected chi connectivity index (χ4v) is 4.62. The van der Waals surface area contributed by atoms with Crippen molar-refractivity contribution in [2.24, 2.45) is 0 Å². The van der Waals surface area contributed by atoms with Crippen LogP contribution in [0.25, 0.3) is 10.9 Å². The maximum atomic E-state index is 11.2. The average Bonchev–Trinajstić information content (AvgIpc) is 2.81. The number of hydrogen-bond acceptors (Lipinski definition) is 6. The molecular weight excluding hydrogens is 394 g/mol. The van der Waals surface area contributed by atoms with Gasteiger partial charge in [0.1, 0.15) is 12.1 Å². The van der Waals surface area contributed by atoms with Crippen molar-refractivity contribution < 1.29 is 14.6 Å². The molecule has 2 fully saturated rings. The molecule has 0 spiro atoms. The van der Waals surface area contributed by atoms with Crippen LogP contribution in [-0.2, 0) is 0 Å². The van der Waals surface area contributed by atoms with E-state index in [9.17, 15) is 4.79 Å². The zero-order chi connectivity index (χ0) is 21.6. The summed E-state index contributed by atoms with van der Waals surface area (Å²) in [7, 11) is 0. The molecular formula is C23H33N5O3. The number of piperidine rings is 1. The lowest BCUT2D eigenvalue weighted by atomic mass is 9.91. The third-order valence-electron chi connectivity index (χ3n) is 6.59. The number of carboxylic acid groups (broad SMARTS) is 1. The number of aromatic nitrogens is 2. The summed E-state index contributed by atoms with van der Waals surface area (Å²) in [5.74, 6) is 1.11. The zero-order valence-electron chi connectivity index (χ0n) is 18.4. The lowest BCUT2D eigenvalue weighted by molar-refractivity contribution is 0.130. The van der Waals surface area contributed by atoms with E-state index in [2.05, 4.69) is 26.7 Å². The van der Waals surface area contributed by atoms with Gasteiger partial charge in [0.05, 0.1) is 17.8 Å². The van der Waals surface area contributed by atoms with Crippen molar-refractivity contribution in [3.8, 4) is 5.75 Å². The minimum absolute atomic E-state index is 0.265. The lowest BCUT2D eigenvalue weighted by Gasteiger charge is -2.33. The number of fused-ring (bicyclic) bond motifs is 1. The number of ether oxygens (including phenoxy) is 1. The molecule has 31 heavy (non-hydrogen) atoms. The van der Waals surface area contributed by atoms with Gasteiger partial charge in [-0.25, -0.2) is 14.8 Å². The summed E-state index contributed by atoms with van der Waals surface area (Å²) >= 11 is 0. The Balaban J connectivity index is 1.30. The van der Waals surface area contributed by atoms with Gasteiger partial charge in [0.25, 0.3) is 0 Å². The molecule has 1 N–H and O–H groups in total. The SMILES string of the molecule is CCN1CCN(CCCOc2ccc3c(C4CCN(C(=O)O)CC4)ncnc3c2)CC1. The number of piperazine rings is 1. The molecule has 8 heteroatoms. The highest BCUT2D eigenvalue weighted by Gasteiger charge is 2.25. The molecule has 2 aliphatic heterocycles. The Morgan fingerprint density at radius 3 is 2.55 bits per heavy atom. The first-order valence-corrected chi connectivity index (χ1v) is 11.4. The van der Waals surface area contributed by atoms with Gasteiger partial charge in [-0.1, -0.05) is 6.92 Å². The second kappa shape index (κ2) is 10.2. The first-order valence-electron chi connectivity index (χ1n) is 11.4. The normalized spacial score (nSPS) is 19.1. The van der Waals surface area contributed by atoms with Crippen molar-refractivity contribution in [3.63, 3.8) is 0 Å². The molecule has 2 aromatic rings. The van der Waals surface area contributed by atoms with Crippen molar-refractivity contribution in [2.45, 2.75) is 32.1 Å². The first-order chi connectivity index (χ1) is 15.1. The fraction of sp³-hybridized carbons (Fsp3) is 0.609. The molecule has 0 radical (unpaired) electrons. The molecule has 1 aromatic carbocycles. The first kappa shape index (κ1) is 21.8. The molecule has 0 bridgehead atoms. The predicted molar refractivity (Wildman–Crippen MR) is 120 cm³/mol. The second-order valence-corrected chi connectivity index (χ2v) is 8.46. The highest BCUT2D eigenvalue weighted by atomic mass is 16.5. The van der Waals surface area contributed by atoms with Crippen LogP contribution < -0.4 is 4.74 Å². The Morgan fingerprint density at radius 2 is 1.84 bits per heavy atom. The Morgan fingerprint density at radius 1 is 1.10 bits per heavy atom. The summed E-state index contributed by atoms with van der Waals surface area (Å²) in [6.07, 6.45) is 3.38. The molecule has 1 aromatic heterocycles. The quantitative estimate of drug-likeness (QED) is 0.681. The summed E-state index contributed by atoms with van der Waals surface area (Å²) in [6, 6.07) is 6.04. The number of nitrogens with zero attached hydrogens (tertiary/aromatic N) is 5. The van der Waals surface area contributed by atoms with Crippen LogP contribution in [0.1, 0.15) is 37.8 Å². The van der Waals surface area contributed by atoms with Crippen LogP contribution in [0, 0.1) is 0 Å². The molecule has 0 unspecified atom stereocenters. The summed E-state index contributed by atoms with van der Waals surface area (Å²) in [4.78, 5) is 26.6. The van der Waals surface area contributed by atoms with E-state index in [4.69, 9.17) is 9.84 Å². The van der Waals surface area contributed by atoms with Gasteiger partial charge in [-0.05, 0) is 37.9 Å². The van der Waals surface area contributed by atoms with Gasteiger partial charge in [-0.3, -0.25) is 0 Å². The number of hydrogen-bond donors (Lipinski definition) is 1. The average molecular weight is 428 g/mol. The minimum atomic E-state index is -0.837. The monoisotopic (exact) mass is 427 g/mol. The third-order valence-corrected chi connectivity index (χ3v) is 6.59. The van der Waals surface area contributed by atoms with E-state index in [0.29, 0.717) is 19.7 Å². The minimum Gasteiger partial charge on any atom is -0.493 e. The van der Waals surface area contributed by atoms with E-state index in [1.165, 1.54) is 18.0 Å². The van der Waals surface area contributed by atoms with Gasteiger partial charge in [0.2, 0.25) is 0 Å². The largest absolute Gasteiger partial charge is 0.493 e. The predicted octanol–water partition coefficient (Wildman–Crippen LogP) is 2.89. The highest BCUT2D eigenvalue weighted by molar-refractivity contribution is 5.82. The van der Waals surface area contributed by atoms with Gasteiger partial charge in [0.15, 0.2) is 0 Å². The Labute approximate surface area is 183 Å². The van der Waals surface area contributed by atoms with Crippen molar-refractivity contribution in [1.29, 1.82) is 0 Å². The molecule has 1 amide bonds. The molecule has 2 aliphatic rings. The van der Waals surface area contributed by atoms with Crippen LogP contribution in [0.3, 0.4) is 0 Å². The molecule has 2 saturated heterocycles. The van der Waals surface area contributed by atoms with Crippen LogP contribution >= 0.6 is 0 Å². The van der Waals surface area contributed by atoms with Gasteiger partial charge >= 0.3 is 6.09 Å². The van der Waals surface area contributed by atoms with E-state index in [1.54, 1.807) is 6.33 Å². The van der Waals surface area contributed by atoms with E-state index < -0.39 is 6.09 Å². The summed E-state index contributed by atoms with van der Waals surface area (Å²) < 4.78 is 6.00. The van der Waals surface area contributed by atoms with Crippen molar-refractivity contribution in [2.75, 3.05) is 59.0 Å². The molecule has 4 rings (SSSR count). The van der Waals surface area contributed by atoms with Crippen molar-refractivity contribution >= 4 is 17.0 Å². The van der Waals surface area contributed by atoms with Crippen LogP contribution in [0.5, 0.6) is 5.75 Å². The number of carbonyl (C=O) groups is 1. The van der Waals surface area contributed by atoms with E-state index in [1.807, 2.05) is 18.2 Å². The van der Waals surface area contributed by atoms with Gasteiger partial charge in [-0.2, -0.15) is 0 Å². The molecule has 3 heterocycles. The molecule has 0 saturated carbocycles. The zero-order valence-corrected chi connectivity index (χ0v) is 18.4. The maximum absolute atomic E-state index is 11.2.